The molecule has 0 amide bonds. The van der Waals surface area contributed by atoms with Crippen LogP contribution in [0.25, 0.3) is 16.7 Å². The summed E-state index contributed by atoms with van der Waals surface area (Å²) in [6.45, 7) is 3.80. The first-order valence-corrected chi connectivity index (χ1v) is 12.5. The van der Waals surface area contributed by atoms with Crippen molar-refractivity contribution in [1.29, 1.82) is 0 Å². The predicted octanol–water partition coefficient (Wildman–Crippen LogP) is 4.46. The minimum Gasteiger partial charge on any atom is -0.339 e. The molecule has 1 aromatic carbocycles. The Morgan fingerprint density at radius 3 is 2.65 bits per heavy atom. The van der Waals surface area contributed by atoms with E-state index in [-0.39, 0.29) is 28.6 Å². The van der Waals surface area contributed by atoms with Crippen LogP contribution in [-0.2, 0) is 16.8 Å². The number of nitrogens with zero attached hydrogens (tertiary/aromatic N) is 4. The van der Waals surface area contributed by atoms with Gasteiger partial charge in [-0.2, -0.15) is 0 Å². The standard InChI is InChI=1S/C23H24F3N5O2S/c1-13(15-5-4-6-16(19(15)24)20(25)26)30-21-18-11-17(14-7-9-34(33,27-2)10-8-14)23(32)31(3)22(18)29-12-28-21/h4-6,11-12,14,20H,1,7-10H2,2-3H3,(H,28,29,30). The minimum absolute atomic E-state index is 0.0392. The number of alkyl halides is 2. The Morgan fingerprint density at radius 2 is 2.00 bits per heavy atom. The van der Waals surface area contributed by atoms with Gasteiger partial charge < -0.3 is 5.32 Å². The van der Waals surface area contributed by atoms with Crippen molar-refractivity contribution >= 4 is 32.3 Å². The molecule has 0 aliphatic carbocycles. The third-order valence-electron chi connectivity index (χ3n) is 6.23. The van der Waals surface area contributed by atoms with Gasteiger partial charge in [-0.25, -0.2) is 31.7 Å². The highest BCUT2D eigenvalue weighted by atomic mass is 32.2. The SMILES string of the molecule is C=C(Nc1ncnc2c1cc(C1CCS(=O)(=NC)CC1)c(=O)n2C)c1cccc(C(F)F)c1F. The molecule has 0 unspecified atom stereocenters. The van der Waals surface area contributed by atoms with Crippen LogP contribution in [0.1, 0.15) is 41.9 Å². The van der Waals surface area contributed by atoms with Gasteiger partial charge in [-0.15, -0.1) is 0 Å². The molecule has 4 rings (SSSR count). The number of aromatic nitrogens is 3. The van der Waals surface area contributed by atoms with E-state index in [9.17, 15) is 22.2 Å². The highest BCUT2D eigenvalue weighted by Gasteiger charge is 2.27. The normalized spacial score (nSPS) is 20.5. The zero-order valence-electron chi connectivity index (χ0n) is 18.7. The molecule has 180 valence electrons. The van der Waals surface area contributed by atoms with Crippen molar-refractivity contribution in [1.82, 2.24) is 14.5 Å². The van der Waals surface area contributed by atoms with Gasteiger partial charge in [-0.05, 0) is 30.9 Å². The Bertz CT molecular complexity index is 1450. The molecule has 1 fully saturated rings. The summed E-state index contributed by atoms with van der Waals surface area (Å²) in [7, 11) is 0.927. The third kappa shape index (κ3) is 4.31. The van der Waals surface area contributed by atoms with Gasteiger partial charge in [0.2, 0.25) is 0 Å². The maximum absolute atomic E-state index is 14.6. The summed E-state index contributed by atoms with van der Waals surface area (Å²) in [6, 6.07) is 5.39. The van der Waals surface area contributed by atoms with Gasteiger partial charge in [0, 0.05) is 52.2 Å². The zero-order valence-corrected chi connectivity index (χ0v) is 19.5. The number of anilines is 1. The number of hydrogen-bond acceptors (Lipinski definition) is 6. The molecule has 1 aliphatic rings. The first kappa shape index (κ1) is 23.9. The van der Waals surface area contributed by atoms with E-state index in [0.29, 0.717) is 40.9 Å². The van der Waals surface area contributed by atoms with Crippen LogP contribution in [0, 0.1) is 5.82 Å². The molecule has 0 spiro atoms. The Balaban J connectivity index is 1.74. The van der Waals surface area contributed by atoms with Crippen molar-refractivity contribution in [2.75, 3.05) is 23.9 Å². The van der Waals surface area contributed by atoms with Gasteiger partial charge >= 0.3 is 0 Å². The summed E-state index contributed by atoms with van der Waals surface area (Å²) >= 11 is 0. The first-order valence-electron chi connectivity index (χ1n) is 10.6. The van der Waals surface area contributed by atoms with Crippen molar-refractivity contribution in [3.8, 4) is 0 Å². The largest absolute Gasteiger partial charge is 0.339 e. The van der Waals surface area contributed by atoms with Crippen LogP contribution in [-0.4, -0.2) is 37.3 Å². The first-order chi connectivity index (χ1) is 16.1. The van der Waals surface area contributed by atoms with Crippen LogP contribution in [0.5, 0.6) is 0 Å². The lowest BCUT2D eigenvalue weighted by Gasteiger charge is -2.25. The minimum atomic E-state index is -2.96. The van der Waals surface area contributed by atoms with E-state index in [1.54, 1.807) is 20.2 Å². The number of halogens is 3. The summed E-state index contributed by atoms with van der Waals surface area (Å²) in [5.41, 5.74) is -0.105. The monoisotopic (exact) mass is 491 g/mol. The van der Waals surface area contributed by atoms with E-state index in [1.807, 2.05) is 0 Å². The van der Waals surface area contributed by atoms with Crippen LogP contribution < -0.4 is 10.9 Å². The maximum atomic E-state index is 14.6. The fraction of sp³-hybridized carbons (Fsp3) is 0.348. The number of benzene rings is 1. The van der Waals surface area contributed by atoms with E-state index >= 15 is 0 Å². The molecule has 1 saturated heterocycles. The smallest absolute Gasteiger partial charge is 0.266 e. The summed E-state index contributed by atoms with van der Waals surface area (Å²) in [6.07, 6.45) is -0.589. The molecule has 3 heterocycles. The van der Waals surface area contributed by atoms with Gasteiger partial charge in [0.15, 0.2) is 0 Å². The zero-order chi connectivity index (χ0) is 24.6. The van der Waals surface area contributed by atoms with E-state index < -0.39 is 27.5 Å². The summed E-state index contributed by atoms with van der Waals surface area (Å²) < 4.78 is 58.8. The van der Waals surface area contributed by atoms with Gasteiger partial charge in [-0.1, -0.05) is 18.7 Å². The predicted molar refractivity (Wildman–Crippen MR) is 127 cm³/mol. The second-order valence-corrected chi connectivity index (χ2v) is 10.9. The molecule has 7 nitrogen and oxygen atoms in total. The lowest BCUT2D eigenvalue weighted by atomic mass is 9.94. The molecule has 0 radical (unpaired) electrons. The van der Waals surface area contributed by atoms with E-state index in [1.165, 1.54) is 23.0 Å². The number of hydrogen-bond donors (Lipinski definition) is 1. The molecule has 1 aliphatic heterocycles. The van der Waals surface area contributed by atoms with E-state index in [0.717, 1.165) is 6.07 Å². The molecule has 3 aromatic rings. The van der Waals surface area contributed by atoms with Crippen molar-refractivity contribution in [3.05, 3.63) is 70.0 Å². The number of aryl methyl sites for hydroxylation is 1. The van der Waals surface area contributed by atoms with Crippen LogP contribution >= 0.6 is 0 Å². The van der Waals surface area contributed by atoms with Crippen LogP contribution in [0.4, 0.5) is 19.0 Å². The molecule has 0 atom stereocenters. The molecular weight excluding hydrogens is 467 g/mol. The average Bonchev–Trinajstić information content (AvgIpc) is 2.82. The molecule has 0 bridgehead atoms. The van der Waals surface area contributed by atoms with E-state index in [2.05, 4.69) is 26.2 Å². The Morgan fingerprint density at radius 1 is 1.29 bits per heavy atom. The second-order valence-electron chi connectivity index (χ2n) is 8.17. The number of pyridine rings is 1. The lowest BCUT2D eigenvalue weighted by molar-refractivity contribution is 0.146. The number of nitrogens with one attached hydrogen (secondary N) is 1. The fourth-order valence-corrected chi connectivity index (χ4v) is 6.12. The maximum Gasteiger partial charge on any atom is 0.266 e. The molecule has 1 N–H and O–H groups in total. The highest BCUT2D eigenvalue weighted by Crippen LogP contribution is 2.32. The quantitative estimate of drug-likeness (QED) is 0.569. The van der Waals surface area contributed by atoms with Gasteiger partial charge in [0.05, 0.1) is 10.9 Å². The molecular formula is C23H24F3N5O2S. The lowest BCUT2D eigenvalue weighted by Crippen LogP contribution is -2.29. The van der Waals surface area contributed by atoms with Crippen molar-refractivity contribution in [2.24, 2.45) is 11.4 Å². The molecule has 11 heteroatoms. The Kier molecular flexibility index (Phi) is 6.48. The topological polar surface area (TPSA) is 89.2 Å². The van der Waals surface area contributed by atoms with Crippen LogP contribution in [0.3, 0.4) is 0 Å². The number of fused-ring (bicyclic) bond motifs is 1. The average molecular weight is 492 g/mol. The van der Waals surface area contributed by atoms with E-state index in [4.69, 9.17) is 0 Å². The van der Waals surface area contributed by atoms with Crippen molar-refractivity contribution in [3.63, 3.8) is 0 Å². The van der Waals surface area contributed by atoms with Gasteiger partial charge in [0.1, 0.15) is 23.6 Å². The fourth-order valence-electron chi connectivity index (χ4n) is 4.24. The third-order valence-corrected chi connectivity index (χ3v) is 8.65. The molecule has 2 aromatic heterocycles. The Labute approximate surface area is 194 Å². The second kappa shape index (κ2) is 9.21. The Hall–Kier alpha value is -3.21. The van der Waals surface area contributed by atoms with Gasteiger partial charge in [0.25, 0.3) is 12.0 Å². The van der Waals surface area contributed by atoms with Crippen LogP contribution in [0.2, 0.25) is 0 Å². The number of rotatable bonds is 5. The van der Waals surface area contributed by atoms with Crippen molar-refractivity contribution in [2.45, 2.75) is 25.2 Å². The summed E-state index contributed by atoms with van der Waals surface area (Å²) in [4.78, 5) is 21.5. The molecule has 34 heavy (non-hydrogen) atoms. The molecule has 0 saturated carbocycles. The van der Waals surface area contributed by atoms with Crippen LogP contribution in [0.15, 0.2) is 46.3 Å². The summed E-state index contributed by atoms with van der Waals surface area (Å²) in [5.74, 6) is -0.0636. The highest BCUT2D eigenvalue weighted by molar-refractivity contribution is 7.93. The summed E-state index contributed by atoms with van der Waals surface area (Å²) in [5, 5.41) is 3.40. The van der Waals surface area contributed by atoms with Crippen molar-refractivity contribution < 1.29 is 17.4 Å². The van der Waals surface area contributed by atoms with Gasteiger partial charge in [-0.3, -0.25) is 9.36 Å².